The number of nitrogens with one attached hydrogen (secondary N) is 1. The summed E-state index contributed by atoms with van der Waals surface area (Å²) < 4.78 is 0. The number of hydrogen-bond acceptors (Lipinski definition) is 1. The van der Waals surface area contributed by atoms with Gasteiger partial charge in [-0.2, -0.15) is 0 Å². The number of rotatable bonds is 5. The van der Waals surface area contributed by atoms with Crippen LogP contribution in [0.25, 0.3) is 0 Å². The molecule has 0 aliphatic carbocycles. The highest BCUT2D eigenvalue weighted by Crippen LogP contribution is 1.92. The Hall–Kier alpha value is -0.300. The van der Waals surface area contributed by atoms with Gasteiger partial charge >= 0.3 is 0 Å². The van der Waals surface area contributed by atoms with Crippen molar-refractivity contribution >= 4 is 0 Å². The molecule has 1 heteroatoms. The van der Waals surface area contributed by atoms with Crippen molar-refractivity contribution in [3.8, 4) is 0 Å². The molecule has 0 spiro atoms. The van der Waals surface area contributed by atoms with Crippen LogP contribution < -0.4 is 5.32 Å². The molecule has 0 aromatic rings. The van der Waals surface area contributed by atoms with E-state index >= 15 is 0 Å². The summed E-state index contributed by atoms with van der Waals surface area (Å²) >= 11 is 0. The first-order chi connectivity index (χ1) is 5.13. The smallest absolute Gasteiger partial charge is 0.0135 e. The highest BCUT2D eigenvalue weighted by atomic mass is 14.8. The Labute approximate surface area is 70.9 Å². The molecule has 0 unspecified atom stereocenters. The van der Waals surface area contributed by atoms with Crippen molar-refractivity contribution in [1.29, 1.82) is 0 Å². The van der Waals surface area contributed by atoms with E-state index in [0.717, 1.165) is 19.0 Å². The first kappa shape index (κ1) is 10.7. The highest BCUT2D eigenvalue weighted by molar-refractivity contribution is 4.86. The largest absolute Gasteiger partial charge is 0.313 e. The molecule has 0 aliphatic heterocycles. The van der Waals surface area contributed by atoms with Gasteiger partial charge in [-0.25, -0.2) is 0 Å². The highest BCUT2D eigenvalue weighted by Gasteiger charge is 1.89. The molecule has 66 valence electrons. The first-order valence-electron chi connectivity index (χ1n) is 4.50. The van der Waals surface area contributed by atoms with E-state index in [9.17, 15) is 0 Å². The van der Waals surface area contributed by atoms with Crippen LogP contribution >= 0.6 is 0 Å². The summed E-state index contributed by atoms with van der Waals surface area (Å²) in [4.78, 5) is 0. The Kier molecular flexibility index (Phi) is 6.24. The summed E-state index contributed by atoms with van der Waals surface area (Å²) in [7, 11) is 0. The molecule has 0 aromatic carbocycles. The average molecular weight is 155 g/mol. The summed E-state index contributed by atoms with van der Waals surface area (Å²) in [5, 5.41) is 3.35. The SMILES string of the molecule is CC(C)/C=C/CNCC(C)C. The molecule has 0 aromatic heterocycles. The van der Waals surface area contributed by atoms with Crippen LogP contribution in [-0.4, -0.2) is 13.1 Å². The van der Waals surface area contributed by atoms with Crippen molar-refractivity contribution < 1.29 is 0 Å². The molecule has 0 saturated heterocycles. The van der Waals surface area contributed by atoms with Crippen molar-refractivity contribution in [3.05, 3.63) is 12.2 Å². The molecule has 1 N–H and O–H groups in total. The third-order valence-corrected chi connectivity index (χ3v) is 1.34. The van der Waals surface area contributed by atoms with Gasteiger partial charge in [0.2, 0.25) is 0 Å². The van der Waals surface area contributed by atoms with Crippen LogP contribution in [-0.2, 0) is 0 Å². The fraction of sp³-hybridized carbons (Fsp3) is 0.800. The van der Waals surface area contributed by atoms with Gasteiger partial charge in [0.25, 0.3) is 0 Å². The van der Waals surface area contributed by atoms with Crippen LogP contribution in [0.4, 0.5) is 0 Å². The van der Waals surface area contributed by atoms with Gasteiger partial charge in [-0.1, -0.05) is 39.8 Å². The molecule has 0 radical (unpaired) electrons. The molecule has 0 amide bonds. The number of allylic oxidation sites excluding steroid dienone is 1. The maximum absolute atomic E-state index is 3.35. The molecule has 0 atom stereocenters. The monoisotopic (exact) mass is 155 g/mol. The molecule has 1 nitrogen and oxygen atoms in total. The van der Waals surface area contributed by atoms with E-state index in [1.165, 1.54) is 0 Å². The van der Waals surface area contributed by atoms with Crippen LogP contribution in [0.15, 0.2) is 12.2 Å². The lowest BCUT2D eigenvalue weighted by molar-refractivity contribution is 0.576. The van der Waals surface area contributed by atoms with E-state index < -0.39 is 0 Å². The Morgan fingerprint density at radius 1 is 1.18 bits per heavy atom. The second-order valence-electron chi connectivity index (χ2n) is 3.72. The van der Waals surface area contributed by atoms with Crippen molar-refractivity contribution in [2.45, 2.75) is 27.7 Å². The molecule has 0 saturated carbocycles. The Morgan fingerprint density at radius 2 is 1.82 bits per heavy atom. The van der Waals surface area contributed by atoms with Crippen LogP contribution in [0.3, 0.4) is 0 Å². The Bertz CT molecular complexity index is 103. The lowest BCUT2D eigenvalue weighted by Gasteiger charge is -2.03. The van der Waals surface area contributed by atoms with Crippen LogP contribution in [0, 0.1) is 11.8 Å². The molecule has 0 bridgehead atoms. The predicted molar refractivity (Wildman–Crippen MR) is 51.7 cm³/mol. The van der Waals surface area contributed by atoms with Gasteiger partial charge in [-0.3, -0.25) is 0 Å². The molecule has 11 heavy (non-hydrogen) atoms. The van der Waals surface area contributed by atoms with Crippen molar-refractivity contribution in [1.82, 2.24) is 5.32 Å². The first-order valence-corrected chi connectivity index (χ1v) is 4.50. The zero-order chi connectivity index (χ0) is 8.69. The van der Waals surface area contributed by atoms with Gasteiger partial charge in [0.15, 0.2) is 0 Å². The molecule has 0 fully saturated rings. The van der Waals surface area contributed by atoms with E-state index in [-0.39, 0.29) is 0 Å². The zero-order valence-electron chi connectivity index (χ0n) is 8.22. The standard InChI is InChI=1S/C10H21N/c1-9(2)6-5-7-11-8-10(3)4/h5-6,9-11H,7-8H2,1-4H3/b6-5+. The van der Waals surface area contributed by atoms with Gasteiger partial charge in [0.1, 0.15) is 0 Å². The Balaban J connectivity index is 3.14. The van der Waals surface area contributed by atoms with E-state index in [0.29, 0.717) is 5.92 Å². The van der Waals surface area contributed by atoms with Gasteiger partial charge in [0.05, 0.1) is 0 Å². The minimum Gasteiger partial charge on any atom is -0.313 e. The summed E-state index contributed by atoms with van der Waals surface area (Å²) in [6, 6.07) is 0. The zero-order valence-corrected chi connectivity index (χ0v) is 8.22. The lowest BCUT2D eigenvalue weighted by Crippen LogP contribution is -2.19. The minimum atomic E-state index is 0.677. The summed E-state index contributed by atoms with van der Waals surface area (Å²) in [5.41, 5.74) is 0. The van der Waals surface area contributed by atoms with Gasteiger partial charge in [-0.15, -0.1) is 0 Å². The minimum absolute atomic E-state index is 0.677. The van der Waals surface area contributed by atoms with Crippen LogP contribution in [0.5, 0.6) is 0 Å². The van der Waals surface area contributed by atoms with Crippen molar-refractivity contribution in [3.63, 3.8) is 0 Å². The third-order valence-electron chi connectivity index (χ3n) is 1.34. The normalized spacial score (nSPS) is 12.2. The quantitative estimate of drug-likeness (QED) is 0.475. The lowest BCUT2D eigenvalue weighted by atomic mass is 10.2. The second-order valence-corrected chi connectivity index (χ2v) is 3.72. The van der Waals surface area contributed by atoms with E-state index in [2.05, 4.69) is 45.2 Å². The van der Waals surface area contributed by atoms with Gasteiger partial charge in [-0.05, 0) is 18.4 Å². The van der Waals surface area contributed by atoms with Crippen molar-refractivity contribution in [2.24, 2.45) is 11.8 Å². The van der Waals surface area contributed by atoms with Gasteiger partial charge in [0, 0.05) is 6.54 Å². The molecule has 0 aliphatic rings. The maximum Gasteiger partial charge on any atom is 0.0135 e. The molecular weight excluding hydrogens is 134 g/mol. The molecule has 0 rings (SSSR count). The number of hydrogen-bond donors (Lipinski definition) is 1. The van der Waals surface area contributed by atoms with E-state index in [1.807, 2.05) is 0 Å². The maximum atomic E-state index is 3.35. The van der Waals surface area contributed by atoms with E-state index in [1.54, 1.807) is 0 Å². The summed E-state index contributed by atoms with van der Waals surface area (Å²) in [5.74, 6) is 1.43. The van der Waals surface area contributed by atoms with Crippen LogP contribution in [0.1, 0.15) is 27.7 Å². The fourth-order valence-corrected chi connectivity index (χ4v) is 0.796. The molecular formula is C10H21N. The van der Waals surface area contributed by atoms with Crippen LogP contribution in [0.2, 0.25) is 0 Å². The van der Waals surface area contributed by atoms with E-state index in [4.69, 9.17) is 0 Å². The predicted octanol–water partition coefficient (Wildman–Crippen LogP) is 2.44. The topological polar surface area (TPSA) is 12.0 Å². The second kappa shape index (κ2) is 6.41. The fourth-order valence-electron chi connectivity index (χ4n) is 0.796. The van der Waals surface area contributed by atoms with Crippen molar-refractivity contribution in [2.75, 3.05) is 13.1 Å². The van der Waals surface area contributed by atoms with Gasteiger partial charge < -0.3 is 5.32 Å². The molecule has 0 heterocycles. The third kappa shape index (κ3) is 9.70. The summed E-state index contributed by atoms with van der Waals surface area (Å²) in [6.45, 7) is 11.0. The summed E-state index contributed by atoms with van der Waals surface area (Å²) in [6.07, 6.45) is 4.43. The Morgan fingerprint density at radius 3 is 2.27 bits per heavy atom. The average Bonchev–Trinajstić information content (AvgIpc) is 1.85.